The third kappa shape index (κ3) is 2.83. The lowest BCUT2D eigenvalue weighted by molar-refractivity contribution is 0.354. The molecule has 5 heteroatoms. The number of thioether (sulfide) groups is 1. The minimum Gasteiger partial charge on any atom is -0.493 e. The van der Waals surface area contributed by atoms with Gasteiger partial charge in [0.1, 0.15) is 10.4 Å². The number of hydrogen-bond acceptors (Lipinski definition) is 5. The van der Waals surface area contributed by atoms with E-state index in [0.29, 0.717) is 0 Å². The van der Waals surface area contributed by atoms with Crippen LogP contribution >= 0.6 is 11.8 Å². The van der Waals surface area contributed by atoms with Gasteiger partial charge in [-0.2, -0.15) is 5.10 Å². The first-order valence-corrected chi connectivity index (χ1v) is 7.47. The van der Waals surface area contributed by atoms with Crippen molar-refractivity contribution >= 4 is 16.8 Å². The second-order valence-electron chi connectivity index (χ2n) is 4.52. The number of rotatable bonds is 4. The fourth-order valence-corrected chi connectivity index (χ4v) is 3.14. The zero-order valence-electron chi connectivity index (χ0n) is 11.9. The summed E-state index contributed by atoms with van der Waals surface area (Å²) in [6.07, 6.45) is 0. The van der Waals surface area contributed by atoms with Crippen LogP contribution in [-0.2, 0) is 0 Å². The minimum atomic E-state index is 0.0833. The maximum Gasteiger partial charge on any atom is 0.161 e. The molecule has 1 aliphatic rings. The predicted octanol–water partition coefficient (Wildman–Crippen LogP) is 3.40. The van der Waals surface area contributed by atoms with Gasteiger partial charge in [-0.1, -0.05) is 48.2 Å². The van der Waals surface area contributed by atoms with E-state index >= 15 is 0 Å². The van der Waals surface area contributed by atoms with Gasteiger partial charge >= 0.3 is 0 Å². The van der Waals surface area contributed by atoms with E-state index in [9.17, 15) is 0 Å². The van der Waals surface area contributed by atoms with Gasteiger partial charge in [0.05, 0.1) is 14.2 Å². The van der Waals surface area contributed by atoms with Crippen molar-refractivity contribution in [1.29, 1.82) is 0 Å². The van der Waals surface area contributed by atoms with E-state index in [1.807, 2.05) is 36.4 Å². The molecule has 1 atom stereocenters. The van der Waals surface area contributed by atoms with Crippen LogP contribution in [0.2, 0.25) is 0 Å². The van der Waals surface area contributed by atoms with E-state index in [2.05, 4.69) is 22.7 Å². The van der Waals surface area contributed by atoms with Crippen LogP contribution in [0.15, 0.2) is 53.6 Å². The summed E-state index contributed by atoms with van der Waals surface area (Å²) in [5, 5.41) is 5.50. The largest absolute Gasteiger partial charge is 0.493 e. The fraction of sp³-hybridized carbons (Fsp3) is 0.188. The van der Waals surface area contributed by atoms with E-state index < -0.39 is 0 Å². The number of hydrazone groups is 1. The molecule has 4 nitrogen and oxygen atoms in total. The second kappa shape index (κ2) is 6.10. The van der Waals surface area contributed by atoms with E-state index in [1.165, 1.54) is 0 Å². The lowest BCUT2D eigenvalue weighted by Gasteiger charge is -2.13. The molecular weight excluding hydrogens is 284 g/mol. The molecule has 1 heterocycles. The number of nitrogens with zero attached hydrogens (tertiary/aromatic N) is 1. The normalized spacial score (nSPS) is 17.0. The van der Waals surface area contributed by atoms with Crippen LogP contribution in [0.1, 0.15) is 16.5 Å². The van der Waals surface area contributed by atoms with E-state index in [1.54, 1.807) is 26.0 Å². The third-order valence-corrected chi connectivity index (χ3v) is 4.41. The van der Waals surface area contributed by atoms with Crippen molar-refractivity contribution in [3.8, 4) is 11.5 Å². The Morgan fingerprint density at radius 1 is 1.00 bits per heavy atom. The van der Waals surface area contributed by atoms with Crippen molar-refractivity contribution in [3.05, 3.63) is 59.7 Å². The van der Waals surface area contributed by atoms with Crippen LogP contribution in [0.4, 0.5) is 0 Å². The summed E-state index contributed by atoms with van der Waals surface area (Å²) in [6.45, 7) is 0. The van der Waals surface area contributed by atoms with E-state index in [4.69, 9.17) is 9.47 Å². The molecule has 0 saturated heterocycles. The highest BCUT2D eigenvalue weighted by atomic mass is 32.2. The molecule has 2 aromatic carbocycles. The summed E-state index contributed by atoms with van der Waals surface area (Å²) in [5.41, 5.74) is 5.39. The summed E-state index contributed by atoms with van der Waals surface area (Å²) < 4.78 is 10.6. The highest BCUT2D eigenvalue weighted by Gasteiger charge is 2.23. The minimum absolute atomic E-state index is 0.0833. The van der Waals surface area contributed by atoms with Crippen molar-refractivity contribution in [3.63, 3.8) is 0 Å². The lowest BCUT2D eigenvalue weighted by atomic mass is 10.2. The molecule has 0 spiro atoms. The molecule has 108 valence electrons. The molecular formula is C16H16N2O2S. The molecule has 0 amide bonds. The molecule has 0 aromatic heterocycles. The van der Waals surface area contributed by atoms with Gasteiger partial charge in [-0.25, -0.2) is 0 Å². The van der Waals surface area contributed by atoms with E-state index in [0.717, 1.165) is 27.7 Å². The first kappa shape index (κ1) is 13.8. The second-order valence-corrected chi connectivity index (χ2v) is 5.62. The summed E-state index contributed by atoms with van der Waals surface area (Å²) in [5.74, 6) is 1.46. The van der Waals surface area contributed by atoms with Gasteiger partial charge < -0.3 is 9.47 Å². The quantitative estimate of drug-likeness (QED) is 0.940. The monoisotopic (exact) mass is 300 g/mol. The van der Waals surface area contributed by atoms with Crippen molar-refractivity contribution in [2.24, 2.45) is 5.10 Å². The van der Waals surface area contributed by atoms with Gasteiger partial charge in [-0.3, -0.25) is 5.43 Å². The van der Waals surface area contributed by atoms with E-state index in [-0.39, 0.29) is 5.37 Å². The van der Waals surface area contributed by atoms with Crippen molar-refractivity contribution < 1.29 is 9.47 Å². The molecule has 3 rings (SSSR count). The van der Waals surface area contributed by atoms with Gasteiger partial charge in [0, 0.05) is 5.56 Å². The highest BCUT2D eigenvalue weighted by molar-refractivity contribution is 8.14. The third-order valence-electron chi connectivity index (χ3n) is 3.24. The van der Waals surface area contributed by atoms with Crippen LogP contribution in [0.25, 0.3) is 0 Å². The maximum atomic E-state index is 5.35. The van der Waals surface area contributed by atoms with Crippen LogP contribution in [-0.4, -0.2) is 19.3 Å². The summed E-state index contributed by atoms with van der Waals surface area (Å²) in [6, 6.07) is 16.1. The predicted molar refractivity (Wildman–Crippen MR) is 86.0 cm³/mol. The molecule has 2 aromatic rings. The maximum absolute atomic E-state index is 5.35. The first-order chi connectivity index (χ1) is 10.3. The zero-order chi connectivity index (χ0) is 14.7. The Morgan fingerprint density at radius 2 is 1.76 bits per heavy atom. The Morgan fingerprint density at radius 3 is 2.48 bits per heavy atom. The summed E-state index contributed by atoms with van der Waals surface area (Å²) in [4.78, 5) is 0. The van der Waals surface area contributed by atoms with Gasteiger partial charge in [0.15, 0.2) is 11.5 Å². The molecule has 0 unspecified atom stereocenters. The Labute approximate surface area is 128 Å². The standard InChI is InChI=1S/C16H16N2O2S/c1-19-13-9-8-12(10-14(13)20-2)16-18-17-15(21-16)11-6-4-3-5-7-11/h3-10,16,18H,1-2H3/t16-/m1/s1. The van der Waals surface area contributed by atoms with Crippen molar-refractivity contribution in [2.75, 3.05) is 14.2 Å². The fourth-order valence-electron chi connectivity index (χ4n) is 2.15. The average molecular weight is 300 g/mol. The molecule has 0 bridgehead atoms. The molecule has 1 N–H and O–H groups in total. The molecule has 0 fully saturated rings. The van der Waals surface area contributed by atoms with Gasteiger partial charge in [-0.15, -0.1) is 0 Å². The van der Waals surface area contributed by atoms with Gasteiger partial charge in [0.2, 0.25) is 0 Å². The van der Waals surface area contributed by atoms with Crippen LogP contribution in [0.5, 0.6) is 11.5 Å². The summed E-state index contributed by atoms with van der Waals surface area (Å²) in [7, 11) is 3.28. The van der Waals surface area contributed by atoms with Crippen LogP contribution in [0, 0.1) is 0 Å². The van der Waals surface area contributed by atoms with Crippen molar-refractivity contribution in [1.82, 2.24) is 5.43 Å². The Bertz CT molecular complexity index is 659. The number of methoxy groups -OCH3 is 2. The van der Waals surface area contributed by atoms with Gasteiger partial charge in [0.25, 0.3) is 0 Å². The molecule has 1 aliphatic heterocycles. The highest BCUT2D eigenvalue weighted by Crippen LogP contribution is 2.37. The van der Waals surface area contributed by atoms with Crippen molar-refractivity contribution in [2.45, 2.75) is 5.37 Å². The number of nitrogens with one attached hydrogen (secondary N) is 1. The molecule has 0 saturated carbocycles. The van der Waals surface area contributed by atoms with Gasteiger partial charge in [-0.05, 0) is 17.7 Å². The Hall–Kier alpha value is -2.14. The first-order valence-electron chi connectivity index (χ1n) is 6.59. The smallest absolute Gasteiger partial charge is 0.161 e. The Kier molecular flexibility index (Phi) is 4.01. The molecule has 21 heavy (non-hydrogen) atoms. The molecule has 0 radical (unpaired) electrons. The average Bonchev–Trinajstić information content (AvgIpc) is 3.05. The van der Waals surface area contributed by atoms with Crippen LogP contribution < -0.4 is 14.9 Å². The molecule has 0 aliphatic carbocycles. The SMILES string of the molecule is COc1ccc([C@@H]2NN=C(c3ccccc3)S2)cc1OC. The topological polar surface area (TPSA) is 42.8 Å². The lowest BCUT2D eigenvalue weighted by Crippen LogP contribution is -2.07. The number of ether oxygens (including phenoxy) is 2. The zero-order valence-corrected chi connectivity index (χ0v) is 12.7. The number of hydrogen-bond donors (Lipinski definition) is 1. The number of benzene rings is 2. The van der Waals surface area contributed by atoms with Crippen LogP contribution in [0.3, 0.4) is 0 Å². The summed E-state index contributed by atoms with van der Waals surface area (Å²) >= 11 is 1.69. The Balaban J connectivity index is 1.79.